The molecule has 1 aliphatic heterocycles. The van der Waals surface area contributed by atoms with Gasteiger partial charge in [-0.25, -0.2) is 9.50 Å². The Labute approximate surface area is 178 Å². The summed E-state index contributed by atoms with van der Waals surface area (Å²) in [6, 6.07) is 8.58. The van der Waals surface area contributed by atoms with Gasteiger partial charge in [-0.15, -0.1) is 0 Å². The van der Waals surface area contributed by atoms with Gasteiger partial charge < -0.3 is 9.47 Å². The number of likely N-dealkylation sites (tertiary alicyclic amines) is 1. The van der Waals surface area contributed by atoms with Gasteiger partial charge in [0.25, 0.3) is 0 Å². The van der Waals surface area contributed by atoms with Gasteiger partial charge in [-0.1, -0.05) is 6.07 Å². The fourth-order valence-electron chi connectivity index (χ4n) is 4.08. The Kier molecular flexibility index (Phi) is 5.79. The highest BCUT2D eigenvalue weighted by atomic mass is 19.4. The maximum atomic E-state index is 13.4. The topological polar surface area (TPSA) is 51.9 Å². The standard InChI is InChI=1S/C22H25F3N4O2/c1-4-31-18-6-5-15(10-19(18)30-3)12-28-8-7-16(13-28)17-11-21-26-14(2)9-20(22(23,24)25)29(21)27-17/h5-6,9-11,16H,4,7-8,12-13H2,1-3H3/t16-/m1/s1. The molecule has 2 aromatic heterocycles. The van der Waals surface area contributed by atoms with Crippen molar-refractivity contribution in [2.75, 3.05) is 26.8 Å². The minimum atomic E-state index is -4.48. The Hall–Kier alpha value is -2.81. The summed E-state index contributed by atoms with van der Waals surface area (Å²) in [4.78, 5) is 6.50. The molecule has 9 heteroatoms. The van der Waals surface area contributed by atoms with E-state index in [-0.39, 0.29) is 11.6 Å². The highest BCUT2D eigenvalue weighted by Crippen LogP contribution is 2.33. The fraction of sp³-hybridized carbons (Fsp3) is 0.455. The molecule has 1 saturated heterocycles. The van der Waals surface area contributed by atoms with Gasteiger partial charge in [-0.05, 0) is 50.6 Å². The van der Waals surface area contributed by atoms with E-state index in [4.69, 9.17) is 9.47 Å². The molecular weight excluding hydrogens is 409 g/mol. The van der Waals surface area contributed by atoms with Gasteiger partial charge in [-0.2, -0.15) is 18.3 Å². The zero-order chi connectivity index (χ0) is 22.2. The van der Waals surface area contributed by atoms with E-state index in [1.165, 1.54) is 0 Å². The van der Waals surface area contributed by atoms with Crippen LogP contribution in [0, 0.1) is 6.92 Å². The van der Waals surface area contributed by atoms with Crippen LogP contribution >= 0.6 is 0 Å². The Morgan fingerprint density at radius 3 is 2.68 bits per heavy atom. The molecule has 0 bridgehead atoms. The molecule has 1 aliphatic rings. The lowest BCUT2D eigenvalue weighted by atomic mass is 10.1. The van der Waals surface area contributed by atoms with E-state index >= 15 is 0 Å². The van der Waals surface area contributed by atoms with Crippen molar-refractivity contribution in [2.45, 2.75) is 38.9 Å². The van der Waals surface area contributed by atoms with Gasteiger partial charge in [0.15, 0.2) is 17.1 Å². The number of ether oxygens (including phenoxy) is 2. The number of benzene rings is 1. The van der Waals surface area contributed by atoms with Crippen LogP contribution in [-0.4, -0.2) is 46.3 Å². The van der Waals surface area contributed by atoms with Crippen LogP contribution in [0.25, 0.3) is 5.65 Å². The normalized spacial score (nSPS) is 17.4. The molecule has 0 N–H and O–H groups in total. The number of halogens is 3. The average Bonchev–Trinajstić information content (AvgIpc) is 3.34. The quantitative estimate of drug-likeness (QED) is 0.574. The third-order valence-electron chi connectivity index (χ3n) is 5.49. The summed E-state index contributed by atoms with van der Waals surface area (Å²) in [5.41, 5.74) is 1.50. The number of alkyl halides is 3. The van der Waals surface area contributed by atoms with Crippen LogP contribution in [0.4, 0.5) is 13.2 Å². The second-order valence-corrected chi connectivity index (χ2v) is 7.76. The third kappa shape index (κ3) is 4.46. The number of aryl methyl sites for hydroxylation is 1. The Balaban J connectivity index is 1.51. The SMILES string of the molecule is CCOc1ccc(CN2CC[C@@H](c3cc4nc(C)cc(C(F)(F)F)n4n3)C2)cc1OC. The Morgan fingerprint density at radius 1 is 1.16 bits per heavy atom. The van der Waals surface area contributed by atoms with Gasteiger partial charge >= 0.3 is 6.18 Å². The number of fused-ring (bicyclic) bond motifs is 1. The molecule has 0 saturated carbocycles. The lowest BCUT2D eigenvalue weighted by Gasteiger charge is -2.17. The van der Waals surface area contributed by atoms with E-state index in [0.717, 1.165) is 42.2 Å². The summed E-state index contributed by atoms with van der Waals surface area (Å²) in [6.07, 6.45) is -3.65. The van der Waals surface area contributed by atoms with Gasteiger partial charge in [0.05, 0.1) is 19.4 Å². The lowest BCUT2D eigenvalue weighted by molar-refractivity contribution is -0.142. The summed E-state index contributed by atoms with van der Waals surface area (Å²) in [7, 11) is 1.61. The predicted molar refractivity (Wildman–Crippen MR) is 110 cm³/mol. The van der Waals surface area contributed by atoms with Gasteiger partial charge in [0, 0.05) is 30.8 Å². The van der Waals surface area contributed by atoms with Crippen LogP contribution in [0.3, 0.4) is 0 Å². The molecule has 0 spiro atoms. The summed E-state index contributed by atoms with van der Waals surface area (Å²) in [5, 5.41) is 4.27. The van der Waals surface area contributed by atoms with Crippen LogP contribution in [0.15, 0.2) is 30.3 Å². The number of hydrogen-bond acceptors (Lipinski definition) is 5. The van der Waals surface area contributed by atoms with E-state index in [0.29, 0.717) is 29.5 Å². The summed E-state index contributed by atoms with van der Waals surface area (Å²) >= 11 is 0. The molecule has 31 heavy (non-hydrogen) atoms. The van der Waals surface area contributed by atoms with Crippen LogP contribution in [0.1, 0.15) is 41.9 Å². The summed E-state index contributed by atoms with van der Waals surface area (Å²) in [6.45, 7) is 6.33. The highest BCUT2D eigenvalue weighted by molar-refractivity contribution is 5.44. The number of methoxy groups -OCH3 is 1. The number of nitrogens with zero attached hydrogens (tertiary/aromatic N) is 4. The predicted octanol–water partition coefficient (Wildman–Crippen LogP) is 4.45. The molecule has 3 aromatic rings. The first-order chi connectivity index (χ1) is 14.8. The van der Waals surface area contributed by atoms with E-state index in [9.17, 15) is 13.2 Å². The lowest BCUT2D eigenvalue weighted by Crippen LogP contribution is -2.20. The van der Waals surface area contributed by atoms with Crippen LogP contribution < -0.4 is 9.47 Å². The van der Waals surface area contributed by atoms with Gasteiger partial charge in [0.1, 0.15) is 5.69 Å². The van der Waals surface area contributed by atoms with Crippen LogP contribution in [0.2, 0.25) is 0 Å². The number of rotatable bonds is 6. The molecule has 1 atom stereocenters. The van der Waals surface area contributed by atoms with Crippen molar-refractivity contribution in [2.24, 2.45) is 0 Å². The molecule has 0 unspecified atom stereocenters. The Morgan fingerprint density at radius 2 is 1.97 bits per heavy atom. The van der Waals surface area contributed by atoms with E-state index in [1.807, 2.05) is 25.1 Å². The largest absolute Gasteiger partial charge is 0.493 e. The molecule has 0 amide bonds. The molecule has 0 radical (unpaired) electrons. The van der Waals surface area contributed by atoms with E-state index in [1.54, 1.807) is 20.1 Å². The second-order valence-electron chi connectivity index (χ2n) is 7.76. The van der Waals surface area contributed by atoms with Crippen molar-refractivity contribution in [1.82, 2.24) is 19.5 Å². The van der Waals surface area contributed by atoms with Crippen molar-refractivity contribution in [3.63, 3.8) is 0 Å². The molecule has 6 nitrogen and oxygen atoms in total. The number of aromatic nitrogens is 3. The smallest absolute Gasteiger partial charge is 0.433 e. The van der Waals surface area contributed by atoms with Crippen molar-refractivity contribution < 1.29 is 22.6 Å². The average molecular weight is 434 g/mol. The first-order valence-corrected chi connectivity index (χ1v) is 10.2. The van der Waals surface area contributed by atoms with E-state index in [2.05, 4.69) is 15.0 Å². The zero-order valence-corrected chi connectivity index (χ0v) is 17.7. The molecule has 166 valence electrons. The maximum absolute atomic E-state index is 13.4. The zero-order valence-electron chi connectivity index (χ0n) is 17.7. The first-order valence-electron chi connectivity index (χ1n) is 10.2. The molecule has 1 aromatic carbocycles. The highest BCUT2D eigenvalue weighted by Gasteiger charge is 2.35. The molecular formula is C22H25F3N4O2. The second kappa shape index (κ2) is 8.37. The third-order valence-corrected chi connectivity index (χ3v) is 5.49. The maximum Gasteiger partial charge on any atom is 0.433 e. The Bertz CT molecular complexity index is 1080. The monoisotopic (exact) mass is 434 g/mol. The van der Waals surface area contributed by atoms with Crippen LogP contribution in [-0.2, 0) is 12.7 Å². The molecule has 4 rings (SSSR count). The van der Waals surface area contributed by atoms with Gasteiger partial charge in [-0.3, -0.25) is 4.90 Å². The molecule has 3 heterocycles. The molecule has 0 aliphatic carbocycles. The summed E-state index contributed by atoms with van der Waals surface area (Å²) in [5.74, 6) is 1.46. The van der Waals surface area contributed by atoms with Gasteiger partial charge in [0.2, 0.25) is 0 Å². The number of hydrogen-bond donors (Lipinski definition) is 0. The minimum Gasteiger partial charge on any atom is -0.493 e. The molecule has 1 fully saturated rings. The summed E-state index contributed by atoms with van der Waals surface area (Å²) < 4.78 is 52.1. The van der Waals surface area contributed by atoms with Crippen LogP contribution in [0.5, 0.6) is 11.5 Å². The van der Waals surface area contributed by atoms with Crippen molar-refractivity contribution in [3.05, 3.63) is 53.0 Å². The van der Waals surface area contributed by atoms with E-state index < -0.39 is 11.9 Å². The van der Waals surface area contributed by atoms with Crippen molar-refractivity contribution >= 4 is 5.65 Å². The van der Waals surface area contributed by atoms with Crippen molar-refractivity contribution in [3.8, 4) is 11.5 Å². The first kappa shape index (κ1) is 21.4. The minimum absolute atomic E-state index is 0.0627. The fourth-order valence-corrected chi connectivity index (χ4v) is 4.08. The van der Waals surface area contributed by atoms with Crippen molar-refractivity contribution in [1.29, 1.82) is 0 Å².